The van der Waals surface area contributed by atoms with Gasteiger partial charge in [0.25, 0.3) is 0 Å². The van der Waals surface area contributed by atoms with Crippen LogP contribution >= 0.6 is 27.5 Å². The van der Waals surface area contributed by atoms with E-state index in [0.29, 0.717) is 16.5 Å². The van der Waals surface area contributed by atoms with Crippen molar-refractivity contribution in [3.8, 4) is 0 Å². The molecule has 0 unspecified atom stereocenters. The standard InChI is InChI=1S/C11H10BrClN4O/c12-8-5-7(13)1-2-9(8)15-11(18)6-17-4-3-10(14)16-17/h1-5H,6H2,(H2,14,16)(H,15,18). The second-order valence-electron chi connectivity index (χ2n) is 3.61. The molecule has 0 saturated carbocycles. The summed E-state index contributed by atoms with van der Waals surface area (Å²) in [5.74, 6) is 0.191. The smallest absolute Gasteiger partial charge is 0.246 e. The third-order valence-electron chi connectivity index (χ3n) is 2.17. The van der Waals surface area contributed by atoms with E-state index in [2.05, 4.69) is 26.3 Å². The highest BCUT2D eigenvalue weighted by molar-refractivity contribution is 9.10. The van der Waals surface area contributed by atoms with Crippen LogP contribution in [0.25, 0.3) is 0 Å². The van der Waals surface area contributed by atoms with Crippen LogP contribution in [0.4, 0.5) is 11.5 Å². The van der Waals surface area contributed by atoms with E-state index in [0.717, 1.165) is 4.47 Å². The summed E-state index contributed by atoms with van der Waals surface area (Å²) >= 11 is 9.14. The quantitative estimate of drug-likeness (QED) is 0.909. The lowest BCUT2D eigenvalue weighted by molar-refractivity contribution is -0.116. The van der Waals surface area contributed by atoms with E-state index in [4.69, 9.17) is 17.3 Å². The Bertz CT molecular complexity index is 584. The van der Waals surface area contributed by atoms with Crippen molar-refractivity contribution in [1.82, 2.24) is 9.78 Å². The first-order valence-electron chi connectivity index (χ1n) is 5.08. The Morgan fingerprint density at radius 3 is 2.89 bits per heavy atom. The Hall–Kier alpha value is -1.53. The van der Waals surface area contributed by atoms with Crippen molar-refractivity contribution in [2.45, 2.75) is 6.54 Å². The predicted molar refractivity (Wildman–Crippen MR) is 74.4 cm³/mol. The highest BCUT2D eigenvalue weighted by atomic mass is 79.9. The molecule has 3 N–H and O–H groups in total. The molecular formula is C11H10BrClN4O. The molecule has 0 radical (unpaired) electrons. The molecular weight excluding hydrogens is 320 g/mol. The third kappa shape index (κ3) is 3.24. The summed E-state index contributed by atoms with van der Waals surface area (Å²) in [4.78, 5) is 11.8. The van der Waals surface area contributed by atoms with Crippen molar-refractivity contribution in [3.05, 3.63) is 40.0 Å². The number of halogens is 2. The fourth-order valence-corrected chi connectivity index (χ4v) is 2.17. The summed E-state index contributed by atoms with van der Waals surface area (Å²) in [6, 6.07) is 6.77. The van der Waals surface area contributed by atoms with E-state index in [1.165, 1.54) is 4.68 Å². The van der Waals surface area contributed by atoms with Crippen LogP contribution in [0.1, 0.15) is 0 Å². The minimum Gasteiger partial charge on any atom is -0.382 e. The van der Waals surface area contributed by atoms with Gasteiger partial charge >= 0.3 is 0 Å². The molecule has 0 atom stereocenters. The van der Waals surface area contributed by atoms with E-state index < -0.39 is 0 Å². The SMILES string of the molecule is Nc1ccn(CC(=O)Nc2ccc(Cl)cc2Br)n1. The molecule has 1 aromatic carbocycles. The molecule has 2 aromatic rings. The van der Waals surface area contributed by atoms with Gasteiger partial charge in [0.15, 0.2) is 0 Å². The zero-order valence-electron chi connectivity index (χ0n) is 9.23. The number of aromatic nitrogens is 2. The van der Waals surface area contributed by atoms with Gasteiger partial charge in [-0.05, 0) is 40.2 Å². The number of benzene rings is 1. The molecule has 0 aliphatic carbocycles. The molecule has 18 heavy (non-hydrogen) atoms. The molecule has 1 aromatic heterocycles. The van der Waals surface area contributed by atoms with Crippen molar-refractivity contribution >= 4 is 44.9 Å². The minimum atomic E-state index is -0.193. The fraction of sp³-hybridized carbons (Fsp3) is 0.0909. The Morgan fingerprint density at radius 1 is 1.50 bits per heavy atom. The maximum absolute atomic E-state index is 11.8. The predicted octanol–water partition coefficient (Wildman–Crippen LogP) is 2.52. The van der Waals surface area contributed by atoms with Gasteiger partial charge in [0.1, 0.15) is 12.4 Å². The average Bonchev–Trinajstić information content (AvgIpc) is 2.68. The van der Waals surface area contributed by atoms with E-state index >= 15 is 0 Å². The number of hydrogen-bond acceptors (Lipinski definition) is 3. The Morgan fingerprint density at radius 2 is 2.28 bits per heavy atom. The number of rotatable bonds is 3. The second kappa shape index (κ2) is 5.41. The number of nitrogens with two attached hydrogens (primary N) is 1. The van der Waals surface area contributed by atoms with Crippen LogP contribution in [-0.2, 0) is 11.3 Å². The van der Waals surface area contributed by atoms with E-state index in [1.807, 2.05) is 0 Å². The number of nitrogen functional groups attached to an aromatic ring is 1. The molecule has 0 aliphatic rings. The first-order valence-corrected chi connectivity index (χ1v) is 6.25. The molecule has 0 fully saturated rings. The zero-order valence-corrected chi connectivity index (χ0v) is 11.6. The number of nitrogens with one attached hydrogen (secondary N) is 1. The normalized spacial score (nSPS) is 10.3. The van der Waals surface area contributed by atoms with Gasteiger partial charge in [-0.25, -0.2) is 0 Å². The van der Waals surface area contributed by atoms with Crippen LogP contribution in [0, 0.1) is 0 Å². The molecule has 5 nitrogen and oxygen atoms in total. The first-order chi connectivity index (χ1) is 8.54. The van der Waals surface area contributed by atoms with Crippen LogP contribution < -0.4 is 11.1 Å². The average molecular weight is 330 g/mol. The number of anilines is 2. The lowest BCUT2D eigenvalue weighted by Crippen LogP contribution is -2.19. The number of hydrogen-bond donors (Lipinski definition) is 2. The molecule has 0 saturated heterocycles. The Labute approximate surface area is 117 Å². The van der Waals surface area contributed by atoms with Crippen LogP contribution in [0.5, 0.6) is 0 Å². The molecule has 2 rings (SSSR count). The number of carbonyl (C=O) groups is 1. The maximum Gasteiger partial charge on any atom is 0.246 e. The topological polar surface area (TPSA) is 72.9 Å². The van der Waals surface area contributed by atoms with Gasteiger partial charge in [0, 0.05) is 15.7 Å². The molecule has 94 valence electrons. The summed E-state index contributed by atoms with van der Waals surface area (Å²) in [5, 5.41) is 7.28. The molecule has 7 heteroatoms. The van der Waals surface area contributed by atoms with Crippen molar-refractivity contribution in [2.24, 2.45) is 0 Å². The molecule has 1 amide bonds. The van der Waals surface area contributed by atoms with E-state index in [-0.39, 0.29) is 12.5 Å². The molecule has 0 aliphatic heterocycles. The van der Waals surface area contributed by atoms with Gasteiger partial charge in [-0.3, -0.25) is 9.48 Å². The van der Waals surface area contributed by atoms with Crippen LogP contribution in [0.2, 0.25) is 5.02 Å². The highest BCUT2D eigenvalue weighted by Crippen LogP contribution is 2.25. The van der Waals surface area contributed by atoms with Gasteiger partial charge in [-0.15, -0.1) is 0 Å². The van der Waals surface area contributed by atoms with Crippen molar-refractivity contribution < 1.29 is 4.79 Å². The van der Waals surface area contributed by atoms with Crippen molar-refractivity contribution in [2.75, 3.05) is 11.1 Å². The summed E-state index contributed by atoms with van der Waals surface area (Å²) in [6.45, 7) is 0.103. The second-order valence-corrected chi connectivity index (χ2v) is 4.90. The van der Waals surface area contributed by atoms with Crippen LogP contribution in [-0.4, -0.2) is 15.7 Å². The third-order valence-corrected chi connectivity index (χ3v) is 3.06. The Kier molecular flexibility index (Phi) is 3.88. The van der Waals surface area contributed by atoms with Gasteiger partial charge in [-0.1, -0.05) is 11.6 Å². The van der Waals surface area contributed by atoms with E-state index in [9.17, 15) is 4.79 Å². The maximum atomic E-state index is 11.8. The number of amides is 1. The largest absolute Gasteiger partial charge is 0.382 e. The highest BCUT2D eigenvalue weighted by Gasteiger charge is 2.07. The zero-order chi connectivity index (χ0) is 13.1. The summed E-state index contributed by atoms with van der Waals surface area (Å²) < 4.78 is 2.19. The summed E-state index contributed by atoms with van der Waals surface area (Å²) in [5.41, 5.74) is 6.12. The van der Waals surface area contributed by atoms with Gasteiger partial charge in [0.05, 0.1) is 5.69 Å². The molecule has 0 spiro atoms. The van der Waals surface area contributed by atoms with Crippen molar-refractivity contribution in [1.29, 1.82) is 0 Å². The number of nitrogens with zero attached hydrogens (tertiary/aromatic N) is 2. The lowest BCUT2D eigenvalue weighted by Gasteiger charge is -2.07. The van der Waals surface area contributed by atoms with Gasteiger partial charge < -0.3 is 11.1 Å². The van der Waals surface area contributed by atoms with Crippen LogP contribution in [0.15, 0.2) is 34.9 Å². The lowest BCUT2D eigenvalue weighted by atomic mass is 10.3. The Balaban J connectivity index is 2.03. The first kappa shape index (κ1) is 12.9. The van der Waals surface area contributed by atoms with Crippen LogP contribution in [0.3, 0.4) is 0 Å². The fourth-order valence-electron chi connectivity index (χ4n) is 1.39. The molecule has 0 bridgehead atoms. The summed E-state index contributed by atoms with van der Waals surface area (Å²) in [7, 11) is 0. The number of carbonyl (C=O) groups excluding carboxylic acids is 1. The summed E-state index contributed by atoms with van der Waals surface area (Å²) in [6.07, 6.45) is 1.64. The van der Waals surface area contributed by atoms with Crippen molar-refractivity contribution in [3.63, 3.8) is 0 Å². The minimum absolute atomic E-state index is 0.103. The molecule has 1 heterocycles. The van der Waals surface area contributed by atoms with Gasteiger partial charge in [-0.2, -0.15) is 5.10 Å². The van der Waals surface area contributed by atoms with E-state index in [1.54, 1.807) is 30.5 Å². The monoisotopic (exact) mass is 328 g/mol. The van der Waals surface area contributed by atoms with Gasteiger partial charge in [0.2, 0.25) is 5.91 Å².